The van der Waals surface area contributed by atoms with Gasteiger partial charge in [-0.3, -0.25) is 0 Å². The fourth-order valence-corrected chi connectivity index (χ4v) is 2.51. The van der Waals surface area contributed by atoms with Gasteiger partial charge < -0.3 is 4.74 Å². The lowest BCUT2D eigenvalue weighted by Crippen LogP contribution is -2.17. The minimum absolute atomic E-state index is 0.610. The number of nitriles is 1. The molecule has 1 aromatic rings. The Kier molecular flexibility index (Phi) is 3.59. The van der Waals surface area contributed by atoms with E-state index in [4.69, 9.17) is 10.00 Å². The SMILES string of the molecule is N#Cc1ccc(SC2CCOCC2)nc1. The topological polar surface area (TPSA) is 45.9 Å². The molecule has 0 saturated carbocycles. The zero-order chi connectivity index (χ0) is 10.5. The van der Waals surface area contributed by atoms with Crippen LogP contribution >= 0.6 is 11.8 Å². The molecule has 0 atom stereocenters. The van der Waals surface area contributed by atoms with Crippen molar-refractivity contribution in [1.82, 2.24) is 4.98 Å². The van der Waals surface area contributed by atoms with Crippen LogP contribution in [0.25, 0.3) is 0 Å². The molecule has 0 radical (unpaired) electrons. The van der Waals surface area contributed by atoms with E-state index in [1.807, 2.05) is 12.1 Å². The number of aromatic nitrogens is 1. The predicted octanol–water partition coefficient (Wildman–Crippen LogP) is 2.22. The van der Waals surface area contributed by atoms with Crippen LogP contribution in [0.5, 0.6) is 0 Å². The third kappa shape index (κ3) is 2.95. The summed E-state index contributed by atoms with van der Waals surface area (Å²) >= 11 is 1.78. The van der Waals surface area contributed by atoms with Crippen LogP contribution in [0.2, 0.25) is 0 Å². The van der Waals surface area contributed by atoms with Gasteiger partial charge in [0.2, 0.25) is 0 Å². The molecule has 0 unspecified atom stereocenters. The summed E-state index contributed by atoms with van der Waals surface area (Å²) in [4.78, 5) is 4.24. The molecule has 1 aromatic heterocycles. The summed E-state index contributed by atoms with van der Waals surface area (Å²) in [5, 5.41) is 10.2. The zero-order valence-electron chi connectivity index (χ0n) is 8.35. The van der Waals surface area contributed by atoms with Crippen molar-refractivity contribution in [3.63, 3.8) is 0 Å². The normalized spacial score (nSPS) is 17.3. The highest BCUT2D eigenvalue weighted by Gasteiger charge is 2.15. The van der Waals surface area contributed by atoms with Crippen molar-refractivity contribution >= 4 is 11.8 Å². The third-order valence-electron chi connectivity index (χ3n) is 2.32. The summed E-state index contributed by atoms with van der Waals surface area (Å²) in [5.41, 5.74) is 0.617. The van der Waals surface area contributed by atoms with Gasteiger partial charge in [-0.15, -0.1) is 11.8 Å². The van der Waals surface area contributed by atoms with Crippen LogP contribution in [-0.4, -0.2) is 23.4 Å². The molecule has 0 aromatic carbocycles. The van der Waals surface area contributed by atoms with Gasteiger partial charge in [-0.2, -0.15) is 5.26 Å². The van der Waals surface area contributed by atoms with E-state index in [1.165, 1.54) is 0 Å². The second-order valence-electron chi connectivity index (χ2n) is 3.43. The maximum Gasteiger partial charge on any atom is 0.101 e. The van der Waals surface area contributed by atoms with Crippen LogP contribution in [0, 0.1) is 11.3 Å². The van der Waals surface area contributed by atoms with E-state index in [0.29, 0.717) is 10.8 Å². The maximum atomic E-state index is 8.64. The van der Waals surface area contributed by atoms with Gasteiger partial charge in [-0.05, 0) is 25.0 Å². The first kappa shape index (κ1) is 10.5. The van der Waals surface area contributed by atoms with E-state index in [2.05, 4.69) is 11.1 Å². The fraction of sp³-hybridized carbons (Fsp3) is 0.455. The van der Waals surface area contributed by atoms with E-state index in [0.717, 1.165) is 31.1 Å². The Bertz CT molecular complexity index is 352. The Balaban J connectivity index is 1.95. The second-order valence-corrected chi connectivity index (χ2v) is 4.75. The number of ether oxygens (including phenoxy) is 1. The predicted molar refractivity (Wildman–Crippen MR) is 58.7 cm³/mol. The largest absolute Gasteiger partial charge is 0.381 e. The molecular weight excluding hydrogens is 208 g/mol. The zero-order valence-corrected chi connectivity index (χ0v) is 9.17. The molecular formula is C11H12N2OS. The highest BCUT2D eigenvalue weighted by atomic mass is 32.2. The van der Waals surface area contributed by atoms with Gasteiger partial charge in [-0.1, -0.05) is 0 Å². The molecule has 2 rings (SSSR count). The first-order valence-corrected chi connectivity index (χ1v) is 5.87. The van der Waals surface area contributed by atoms with Gasteiger partial charge >= 0.3 is 0 Å². The van der Waals surface area contributed by atoms with Crippen LogP contribution in [-0.2, 0) is 4.74 Å². The average Bonchev–Trinajstić information content (AvgIpc) is 2.31. The van der Waals surface area contributed by atoms with Crippen molar-refractivity contribution in [2.75, 3.05) is 13.2 Å². The number of thioether (sulfide) groups is 1. The molecule has 0 N–H and O–H groups in total. The minimum Gasteiger partial charge on any atom is -0.381 e. The van der Waals surface area contributed by atoms with E-state index in [-0.39, 0.29) is 0 Å². The van der Waals surface area contributed by atoms with Gasteiger partial charge in [0.25, 0.3) is 0 Å². The van der Waals surface area contributed by atoms with Crippen molar-refractivity contribution in [3.8, 4) is 6.07 Å². The minimum atomic E-state index is 0.610. The number of hydrogen-bond acceptors (Lipinski definition) is 4. The number of pyridine rings is 1. The van der Waals surface area contributed by atoms with Crippen molar-refractivity contribution in [2.45, 2.75) is 23.1 Å². The smallest absolute Gasteiger partial charge is 0.101 e. The number of nitrogens with zero attached hydrogens (tertiary/aromatic N) is 2. The third-order valence-corrected chi connectivity index (χ3v) is 3.61. The van der Waals surface area contributed by atoms with Gasteiger partial charge in [0.15, 0.2) is 0 Å². The molecule has 1 fully saturated rings. The van der Waals surface area contributed by atoms with Crippen molar-refractivity contribution in [1.29, 1.82) is 5.26 Å². The molecule has 0 aliphatic carbocycles. The fourth-order valence-electron chi connectivity index (χ4n) is 1.48. The molecule has 0 spiro atoms. The Labute approximate surface area is 93.5 Å². The monoisotopic (exact) mass is 220 g/mol. The molecule has 78 valence electrons. The second kappa shape index (κ2) is 5.15. The molecule has 1 saturated heterocycles. The summed E-state index contributed by atoms with van der Waals surface area (Å²) in [7, 11) is 0. The molecule has 0 amide bonds. The number of hydrogen-bond donors (Lipinski definition) is 0. The highest BCUT2D eigenvalue weighted by molar-refractivity contribution is 7.99. The van der Waals surface area contributed by atoms with Gasteiger partial charge in [-0.25, -0.2) is 4.98 Å². The van der Waals surface area contributed by atoms with Gasteiger partial charge in [0.05, 0.1) is 10.6 Å². The first-order chi connectivity index (χ1) is 7.38. The van der Waals surface area contributed by atoms with Crippen LogP contribution in [0.3, 0.4) is 0 Å². The Morgan fingerprint density at radius 3 is 2.80 bits per heavy atom. The number of rotatable bonds is 2. The van der Waals surface area contributed by atoms with E-state index in [1.54, 1.807) is 18.0 Å². The molecule has 1 aliphatic rings. The van der Waals surface area contributed by atoms with Crippen LogP contribution in [0.1, 0.15) is 18.4 Å². The van der Waals surface area contributed by atoms with Gasteiger partial charge in [0, 0.05) is 24.7 Å². The highest BCUT2D eigenvalue weighted by Crippen LogP contribution is 2.28. The standard InChI is InChI=1S/C11H12N2OS/c12-7-9-1-2-11(13-8-9)15-10-3-5-14-6-4-10/h1-2,8,10H,3-6H2. The van der Waals surface area contributed by atoms with E-state index >= 15 is 0 Å². The Morgan fingerprint density at radius 1 is 1.40 bits per heavy atom. The van der Waals surface area contributed by atoms with Gasteiger partial charge in [0.1, 0.15) is 6.07 Å². The lowest BCUT2D eigenvalue weighted by atomic mass is 10.2. The lowest BCUT2D eigenvalue weighted by Gasteiger charge is -2.20. The van der Waals surface area contributed by atoms with Crippen LogP contribution < -0.4 is 0 Å². The summed E-state index contributed by atoms with van der Waals surface area (Å²) in [6.45, 7) is 1.71. The molecule has 4 heteroatoms. The first-order valence-electron chi connectivity index (χ1n) is 4.99. The van der Waals surface area contributed by atoms with E-state index < -0.39 is 0 Å². The average molecular weight is 220 g/mol. The quantitative estimate of drug-likeness (QED) is 0.766. The van der Waals surface area contributed by atoms with Crippen LogP contribution in [0.15, 0.2) is 23.4 Å². The molecule has 2 heterocycles. The summed E-state index contributed by atoms with van der Waals surface area (Å²) in [6.07, 6.45) is 3.81. The van der Waals surface area contributed by atoms with Crippen molar-refractivity contribution in [3.05, 3.63) is 23.9 Å². The Morgan fingerprint density at radius 2 is 2.20 bits per heavy atom. The molecule has 3 nitrogen and oxygen atoms in total. The maximum absolute atomic E-state index is 8.64. The van der Waals surface area contributed by atoms with E-state index in [9.17, 15) is 0 Å². The molecule has 0 bridgehead atoms. The molecule has 1 aliphatic heterocycles. The van der Waals surface area contributed by atoms with Crippen LogP contribution in [0.4, 0.5) is 0 Å². The van der Waals surface area contributed by atoms with Crippen molar-refractivity contribution < 1.29 is 4.74 Å². The summed E-state index contributed by atoms with van der Waals surface area (Å²) in [6, 6.07) is 5.80. The lowest BCUT2D eigenvalue weighted by molar-refractivity contribution is 0.1000. The summed E-state index contributed by atoms with van der Waals surface area (Å²) < 4.78 is 5.30. The van der Waals surface area contributed by atoms with Crippen molar-refractivity contribution in [2.24, 2.45) is 0 Å². The molecule has 15 heavy (non-hydrogen) atoms. The Hall–Kier alpha value is -1.05. The summed E-state index contributed by atoms with van der Waals surface area (Å²) in [5.74, 6) is 0.